The number of carbonyl (C=O) groups is 1. The van der Waals surface area contributed by atoms with Gasteiger partial charge >= 0.3 is 5.97 Å². The van der Waals surface area contributed by atoms with Gasteiger partial charge in [-0.15, -0.1) is 0 Å². The molecular weight excluding hydrogens is 484 g/mol. The van der Waals surface area contributed by atoms with E-state index in [0.29, 0.717) is 29.0 Å². The monoisotopic (exact) mass is 508 g/mol. The summed E-state index contributed by atoms with van der Waals surface area (Å²) in [5.41, 5.74) is 4.70. The number of rotatable bonds is 7. The Morgan fingerprint density at radius 3 is 2.64 bits per heavy atom. The van der Waals surface area contributed by atoms with Crippen molar-refractivity contribution in [3.05, 3.63) is 98.4 Å². The van der Waals surface area contributed by atoms with Crippen LogP contribution in [0.2, 0.25) is 0 Å². The molecule has 1 N–H and O–H groups in total. The molecule has 36 heavy (non-hydrogen) atoms. The lowest BCUT2D eigenvalue weighted by Gasteiger charge is -2.30. The smallest absolute Gasteiger partial charge is 0.336 e. The van der Waals surface area contributed by atoms with Crippen molar-refractivity contribution in [1.29, 1.82) is 0 Å². The fourth-order valence-electron chi connectivity index (χ4n) is 4.40. The van der Waals surface area contributed by atoms with Gasteiger partial charge in [-0.25, -0.2) is 14.0 Å². The van der Waals surface area contributed by atoms with Crippen LogP contribution in [0.1, 0.15) is 30.9 Å². The van der Waals surface area contributed by atoms with Crippen LogP contribution < -0.4 is 5.32 Å². The van der Waals surface area contributed by atoms with E-state index in [0.717, 1.165) is 5.56 Å². The van der Waals surface area contributed by atoms with E-state index in [4.69, 9.17) is 14.6 Å². The van der Waals surface area contributed by atoms with Crippen molar-refractivity contribution < 1.29 is 23.5 Å². The average Bonchev–Trinajstić information content (AvgIpc) is 3.25. The first-order valence-electron chi connectivity index (χ1n) is 11.1. The summed E-state index contributed by atoms with van der Waals surface area (Å²) in [6.07, 6.45) is -0.0510. The summed E-state index contributed by atoms with van der Waals surface area (Å²) in [4.78, 5) is 34.7. The average molecular weight is 509 g/mol. The first kappa shape index (κ1) is 25.0. The Hall–Kier alpha value is -4.09. The quantitative estimate of drug-likeness (QED) is 0.262. The number of nitrogens with zero attached hydrogens (tertiary/aromatic N) is 3. The molecule has 2 atom stereocenters. The summed E-state index contributed by atoms with van der Waals surface area (Å²) in [7, 11) is 1.28. The molecule has 11 heteroatoms. The van der Waals surface area contributed by atoms with E-state index >= 15 is 0 Å². The van der Waals surface area contributed by atoms with E-state index in [9.17, 15) is 19.1 Å². The molecule has 0 saturated carbocycles. The number of benzene rings is 2. The highest BCUT2D eigenvalue weighted by atomic mass is 32.1. The van der Waals surface area contributed by atoms with E-state index < -0.39 is 23.0 Å². The maximum Gasteiger partial charge on any atom is 0.336 e. The van der Waals surface area contributed by atoms with Crippen LogP contribution in [0.25, 0.3) is 0 Å². The first-order valence-corrected chi connectivity index (χ1v) is 11.9. The SMILES string of the molecule is COC(=O)C1=C(C)NC(C)=C(C2=NC(Cc3ccccc3)N(C=S=O)O2)C1c1cccc([N+](=O)[O-])c1. The molecule has 10 nitrogen and oxygen atoms in total. The fraction of sp³-hybridized carbons (Fsp3) is 0.240. The number of nitro benzene ring substituents is 1. The number of carbonyl (C=O) groups excluding carboxylic acids is 1. The van der Waals surface area contributed by atoms with Gasteiger partial charge in [0.2, 0.25) is 5.90 Å². The molecule has 0 radical (unpaired) electrons. The molecule has 186 valence electrons. The number of allylic oxidation sites excluding steroid dienone is 2. The lowest BCUT2D eigenvalue weighted by Crippen LogP contribution is -2.33. The van der Waals surface area contributed by atoms with Crippen molar-refractivity contribution in [2.45, 2.75) is 32.4 Å². The van der Waals surface area contributed by atoms with Crippen molar-refractivity contribution in [2.24, 2.45) is 4.99 Å². The molecule has 0 aromatic heterocycles. The largest absolute Gasteiger partial charge is 0.466 e. The predicted octanol–water partition coefficient (Wildman–Crippen LogP) is 3.19. The number of ether oxygens (including phenoxy) is 1. The minimum Gasteiger partial charge on any atom is -0.466 e. The molecule has 2 aliphatic heterocycles. The Morgan fingerprint density at radius 2 is 1.97 bits per heavy atom. The zero-order valence-electron chi connectivity index (χ0n) is 19.8. The molecular formula is C25H24N4O6S. The highest BCUT2D eigenvalue weighted by Gasteiger charge is 2.41. The molecule has 2 aromatic rings. The maximum atomic E-state index is 12.9. The third kappa shape index (κ3) is 4.97. The summed E-state index contributed by atoms with van der Waals surface area (Å²) in [6.45, 7) is 3.55. The second-order valence-electron chi connectivity index (χ2n) is 8.24. The van der Waals surface area contributed by atoms with E-state index in [2.05, 4.69) is 5.32 Å². The standard InChI is InChI=1S/C25H24N4O6S/c1-15-21(24-27-20(28(35-24)14-36-33)12-17-8-5-4-6-9-17)23(22(16(2)26-15)25(30)34-3)18-10-7-11-19(13-18)29(31)32/h4-11,13-14,20,23,26H,12H2,1-3H3. The van der Waals surface area contributed by atoms with Gasteiger partial charge in [0.15, 0.2) is 0 Å². The molecule has 0 fully saturated rings. The number of hydroxylamine groups is 2. The van der Waals surface area contributed by atoms with Crippen LogP contribution in [0.4, 0.5) is 5.69 Å². The molecule has 0 aliphatic carbocycles. The number of nitrogens with one attached hydrogen (secondary N) is 1. The predicted molar refractivity (Wildman–Crippen MR) is 135 cm³/mol. The fourth-order valence-corrected chi connectivity index (χ4v) is 4.67. The van der Waals surface area contributed by atoms with Gasteiger partial charge < -0.3 is 14.9 Å². The molecule has 0 saturated heterocycles. The number of dihydropyridines is 1. The summed E-state index contributed by atoms with van der Waals surface area (Å²) in [5, 5.41) is 16.1. The highest BCUT2D eigenvalue weighted by molar-refractivity contribution is 7.64. The minimum absolute atomic E-state index is 0.112. The van der Waals surface area contributed by atoms with E-state index in [1.165, 1.54) is 29.8 Å². The van der Waals surface area contributed by atoms with Crippen molar-refractivity contribution in [1.82, 2.24) is 10.4 Å². The summed E-state index contributed by atoms with van der Waals surface area (Å²) in [5.74, 6) is -1.13. The molecule has 2 aromatic carbocycles. The van der Waals surface area contributed by atoms with Gasteiger partial charge in [-0.2, -0.15) is 0 Å². The van der Waals surface area contributed by atoms with Crippen LogP contribution >= 0.6 is 0 Å². The Bertz CT molecular complexity index is 1350. The highest BCUT2D eigenvalue weighted by Crippen LogP contribution is 2.41. The summed E-state index contributed by atoms with van der Waals surface area (Å²) >= 11 is 0.237. The third-order valence-corrected chi connectivity index (χ3v) is 6.26. The molecule has 4 rings (SSSR count). The summed E-state index contributed by atoms with van der Waals surface area (Å²) < 4.78 is 16.4. The topological polar surface area (TPSA) is 123 Å². The van der Waals surface area contributed by atoms with Gasteiger partial charge in [0.25, 0.3) is 5.69 Å². The molecule has 2 heterocycles. The molecule has 2 unspecified atom stereocenters. The van der Waals surface area contributed by atoms with Crippen LogP contribution in [-0.2, 0) is 32.0 Å². The molecule has 2 aliphatic rings. The Kier molecular flexibility index (Phi) is 7.41. The third-order valence-electron chi connectivity index (χ3n) is 5.97. The van der Waals surface area contributed by atoms with E-state index in [-0.39, 0.29) is 28.4 Å². The van der Waals surface area contributed by atoms with Gasteiger partial charge in [0, 0.05) is 35.5 Å². The minimum atomic E-state index is -0.755. The van der Waals surface area contributed by atoms with Crippen LogP contribution in [0.15, 0.2) is 82.1 Å². The van der Waals surface area contributed by atoms with Gasteiger partial charge in [-0.1, -0.05) is 47.5 Å². The molecule has 0 bridgehead atoms. The number of nitro groups is 1. The lowest BCUT2D eigenvalue weighted by atomic mass is 9.80. The number of hydrogen-bond acceptors (Lipinski definition) is 8. The van der Waals surface area contributed by atoms with Gasteiger partial charge in [0.1, 0.15) is 22.9 Å². The lowest BCUT2D eigenvalue weighted by molar-refractivity contribution is -0.384. The van der Waals surface area contributed by atoms with Crippen molar-refractivity contribution in [3.63, 3.8) is 0 Å². The van der Waals surface area contributed by atoms with E-state index in [1.807, 2.05) is 37.3 Å². The van der Waals surface area contributed by atoms with Crippen LogP contribution in [-0.4, -0.2) is 44.8 Å². The van der Waals surface area contributed by atoms with Gasteiger partial charge in [-0.05, 0) is 25.0 Å². The second-order valence-corrected chi connectivity index (χ2v) is 8.64. The number of aliphatic imine (C=N–C) groups is 1. The Labute approximate surface area is 211 Å². The zero-order valence-corrected chi connectivity index (χ0v) is 20.7. The number of methoxy groups -OCH3 is 1. The van der Waals surface area contributed by atoms with Gasteiger partial charge in [0.05, 0.1) is 23.5 Å². The Balaban J connectivity index is 1.83. The zero-order chi connectivity index (χ0) is 25.8. The molecule has 0 amide bonds. The van der Waals surface area contributed by atoms with Gasteiger partial charge in [-0.3, -0.25) is 10.1 Å². The number of esters is 1. The molecule has 0 spiro atoms. The van der Waals surface area contributed by atoms with Crippen LogP contribution in [0.3, 0.4) is 0 Å². The normalized spacial score (nSPS) is 19.8. The number of hydrogen-bond donors (Lipinski definition) is 1. The maximum absolute atomic E-state index is 12.9. The van der Waals surface area contributed by atoms with Crippen molar-refractivity contribution in [2.75, 3.05) is 7.11 Å². The van der Waals surface area contributed by atoms with Crippen molar-refractivity contribution in [3.8, 4) is 0 Å². The summed E-state index contributed by atoms with van der Waals surface area (Å²) in [6, 6.07) is 15.7. The van der Waals surface area contributed by atoms with Crippen molar-refractivity contribution >= 4 is 34.3 Å². The van der Waals surface area contributed by atoms with E-state index in [1.54, 1.807) is 19.1 Å². The number of non-ortho nitro benzene ring substituents is 1. The van der Waals surface area contributed by atoms with Crippen LogP contribution in [0.5, 0.6) is 0 Å². The first-order chi connectivity index (χ1) is 17.3. The Morgan fingerprint density at radius 1 is 1.22 bits per heavy atom. The van der Waals surface area contributed by atoms with Crippen LogP contribution in [0, 0.1) is 10.1 Å². The second kappa shape index (κ2) is 10.7.